The van der Waals surface area contributed by atoms with Crippen molar-refractivity contribution in [2.75, 3.05) is 44.5 Å². The Balaban J connectivity index is 1.30. The molecule has 11 heteroatoms. The van der Waals surface area contributed by atoms with E-state index in [9.17, 15) is 9.59 Å². The molecule has 0 atom stereocenters. The summed E-state index contributed by atoms with van der Waals surface area (Å²) in [6, 6.07) is 8.88. The monoisotopic (exact) mass is 467 g/mol. The Kier molecular flexibility index (Phi) is 7.41. The van der Waals surface area contributed by atoms with E-state index in [0.717, 1.165) is 25.9 Å². The van der Waals surface area contributed by atoms with Crippen molar-refractivity contribution in [3.8, 4) is 11.5 Å². The van der Waals surface area contributed by atoms with Gasteiger partial charge in [-0.3, -0.25) is 9.59 Å². The third-order valence-electron chi connectivity index (χ3n) is 5.65. The molecule has 4 rings (SSSR count). The number of aromatic nitrogens is 4. The fourth-order valence-electron chi connectivity index (χ4n) is 3.87. The number of rotatable bonds is 11. The molecule has 1 saturated heterocycles. The van der Waals surface area contributed by atoms with Gasteiger partial charge in [-0.25, -0.2) is 0 Å². The summed E-state index contributed by atoms with van der Waals surface area (Å²) >= 11 is 0. The first kappa shape index (κ1) is 23.3. The van der Waals surface area contributed by atoms with Crippen molar-refractivity contribution in [3.63, 3.8) is 0 Å². The molecule has 1 fully saturated rings. The van der Waals surface area contributed by atoms with Crippen LogP contribution in [-0.4, -0.2) is 70.4 Å². The lowest BCUT2D eigenvalue weighted by Crippen LogP contribution is -2.27. The molecule has 0 bridgehead atoms. The molecule has 0 radical (unpaired) electrons. The number of carbonyl (C=O) groups is 2. The predicted molar refractivity (Wildman–Crippen MR) is 126 cm³/mol. The van der Waals surface area contributed by atoms with Crippen LogP contribution in [0.15, 0.2) is 30.3 Å². The molecule has 0 unspecified atom stereocenters. The minimum Gasteiger partial charge on any atom is -0.493 e. The molecule has 0 spiro atoms. The average molecular weight is 468 g/mol. The van der Waals surface area contributed by atoms with Crippen molar-refractivity contribution >= 4 is 29.0 Å². The highest BCUT2D eigenvalue weighted by Gasteiger charge is 2.19. The number of fused-ring (bicyclic) bond motifs is 1. The Morgan fingerprint density at radius 1 is 1.12 bits per heavy atom. The maximum absolute atomic E-state index is 12.5. The van der Waals surface area contributed by atoms with Crippen LogP contribution in [0.3, 0.4) is 0 Å². The van der Waals surface area contributed by atoms with Crippen LogP contribution in [0.5, 0.6) is 11.5 Å². The minimum atomic E-state index is -0.158. The lowest BCUT2D eigenvalue weighted by atomic mass is 10.2. The van der Waals surface area contributed by atoms with Crippen molar-refractivity contribution in [3.05, 3.63) is 36.2 Å². The first-order valence-electron chi connectivity index (χ1n) is 11.3. The quantitative estimate of drug-likeness (QED) is 0.411. The molecule has 1 aromatic carbocycles. The van der Waals surface area contributed by atoms with E-state index in [0.29, 0.717) is 53.9 Å². The van der Waals surface area contributed by atoms with Gasteiger partial charge in [0.1, 0.15) is 5.82 Å². The molecule has 3 heterocycles. The SMILES string of the molecule is COc1ccc(NC(=O)CCc2nnc3ccc(NCCCN4CCCC4=O)nn23)cc1OC. The second-order valence-corrected chi connectivity index (χ2v) is 7.99. The summed E-state index contributed by atoms with van der Waals surface area (Å²) in [5, 5.41) is 19.0. The first-order valence-corrected chi connectivity index (χ1v) is 11.3. The molecule has 180 valence electrons. The second-order valence-electron chi connectivity index (χ2n) is 7.99. The first-order chi connectivity index (χ1) is 16.6. The summed E-state index contributed by atoms with van der Waals surface area (Å²) in [6.45, 7) is 2.31. The number of hydrogen-bond donors (Lipinski definition) is 2. The Labute approximate surface area is 197 Å². The van der Waals surface area contributed by atoms with Crippen molar-refractivity contribution in [2.45, 2.75) is 32.1 Å². The van der Waals surface area contributed by atoms with Crippen LogP contribution in [0.1, 0.15) is 31.5 Å². The fourth-order valence-corrected chi connectivity index (χ4v) is 3.87. The zero-order chi connectivity index (χ0) is 23.9. The number of nitrogens with one attached hydrogen (secondary N) is 2. The van der Waals surface area contributed by atoms with E-state index in [2.05, 4.69) is 25.9 Å². The van der Waals surface area contributed by atoms with Gasteiger partial charge in [-0.1, -0.05) is 0 Å². The van der Waals surface area contributed by atoms with E-state index in [1.807, 2.05) is 17.0 Å². The zero-order valence-corrected chi connectivity index (χ0v) is 19.4. The van der Waals surface area contributed by atoms with Crippen molar-refractivity contribution < 1.29 is 19.1 Å². The van der Waals surface area contributed by atoms with E-state index in [-0.39, 0.29) is 18.2 Å². The number of ether oxygens (including phenoxy) is 2. The second kappa shape index (κ2) is 10.8. The molecular formula is C23H29N7O4. The standard InChI is InChI=1S/C23H29N7O4/c1-33-17-7-6-16(15-18(17)34-2)25-22(31)11-10-21-27-26-20-9-8-19(28-30(20)21)24-12-4-14-29-13-3-5-23(29)32/h6-9,15H,3-5,10-14H2,1-2H3,(H,24,28)(H,25,31). The topological polar surface area (TPSA) is 123 Å². The molecule has 11 nitrogen and oxygen atoms in total. The van der Waals surface area contributed by atoms with Crippen LogP contribution in [0.25, 0.3) is 5.65 Å². The smallest absolute Gasteiger partial charge is 0.224 e. The summed E-state index contributed by atoms with van der Waals surface area (Å²) in [5.74, 6) is 2.51. The van der Waals surface area contributed by atoms with Gasteiger partial charge >= 0.3 is 0 Å². The van der Waals surface area contributed by atoms with Gasteiger partial charge in [0.2, 0.25) is 11.8 Å². The van der Waals surface area contributed by atoms with Gasteiger partial charge in [0.15, 0.2) is 23.0 Å². The Morgan fingerprint density at radius 3 is 2.74 bits per heavy atom. The molecule has 1 aliphatic heterocycles. The van der Waals surface area contributed by atoms with E-state index in [4.69, 9.17) is 9.47 Å². The maximum Gasteiger partial charge on any atom is 0.224 e. The zero-order valence-electron chi connectivity index (χ0n) is 19.4. The largest absolute Gasteiger partial charge is 0.493 e. The van der Waals surface area contributed by atoms with Crippen LogP contribution in [0, 0.1) is 0 Å². The number of methoxy groups -OCH3 is 2. The summed E-state index contributed by atoms with van der Waals surface area (Å²) in [5.41, 5.74) is 1.23. The average Bonchev–Trinajstić information content (AvgIpc) is 3.45. The van der Waals surface area contributed by atoms with Gasteiger partial charge in [0.05, 0.1) is 14.2 Å². The van der Waals surface area contributed by atoms with Gasteiger partial charge < -0.3 is 25.0 Å². The molecule has 34 heavy (non-hydrogen) atoms. The van der Waals surface area contributed by atoms with E-state index < -0.39 is 0 Å². The van der Waals surface area contributed by atoms with Crippen LogP contribution in [0.4, 0.5) is 11.5 Å². The number of nitrogens with zero attached hydrogens (tertiary/aromatic N) is 5. The predicted octanol–water partition coefficient (Wildman–Crippen LogP) is 2.14. The number of anilines is 2. The Bertz CT molecular complexity index is 1160. The normalized spacial score (nSPS) is 13.4. The highest BCUT2D eigenvalue weighted by atomic mass is 16.5. The lowest BCUT2D eigenvalue weighted by molar-refractivity contribution is -0.127. The number of likely N-dealkylation sites (tertiary alicyclic amines) is 1. The molecule has 0 saturated carbocycles. The number of aryl methyl sites for hydroxylation is 1. The van der Waals surface area contributed by atoms with Gasteiger partial charge in [-0.15, -0.1) is 15.3 Å². The molecule has 2 amide bonds. The fraction of sp³-hybridized carbons (Fsp3) is 0.435. The third kappa shape index (κ3) is 5.53. The Morgan fingerprint density at radius 2 is 1.97 bits per heavy atom. The summed E-state index contributed by atoms with van der Waals surface area (Å²) in [7, 11) is 3.11. The summed E-state index contributed by atoms with van der Waals surface area (Å²) < 4.78 is 12.1. The molecule has 0 aliphatic carbocycles. The summed E-state index contributed by atoms with van der Waals surface area (Å²) in [4.78, 5) is 26.1. The highest BCUT2D eigenvalue weighted by molar-refractivity contribution is 5.91. The third-order valence-corrected chi connectivity index (χ3v) is 5.65. The maximum atomic E-state index is 12.5. The summed E-state index contributed by atoms with van der Waals surface area (Å²) in [6.07, 6.45) is 3.06. The van der Waals surface area contributed by atoms with Crippen molar-refractivity contribution in [2.24, 2.45) is 0 Å². The molecular weight excluding hydrogens is 438 g/mol. The van der Waals surface area contributed by atoms with Crippen LogP contribution >= 0.6 is 0 Å². The van der Waals surface area contributed by atoms with Crippen LogP contribution in [0.2, 0.25) is 0 Å². The van der Waals surface area contributed by atoms with E-state index >= 15 is 0 Å². The Hall–Kier alpha value is -3.89. The molecule has 2 aromatic heterocycles. The van der Waals surface area contributed by atoms with Gasteiger partial charge in [0, 0.05) is 50.7 Å². The van der Waals surface area contributed by atoms with Gasteiger partial charge in [-0.05, 0) is 37.1 Å². The number of hydrogen-bond acceptors (Lipinski definition) is 8. The van der Waals surface area contributed by atoms with Crippen molar-refractivity contribution in [1.82, 2.24) is 24.7 Å². The number of amides is 2. The van der Waals surface area contributed by atoms with Gasteiger partial charge in [-0.2, -0.15) is 4.52 Å². The molecule has 3 aromatic rings. The van der Waals surface area contributed by atoms with Gasteiger partial charge in [0.25, 0.3) is 0 Å². The molecule has 1 aliphatic rings. The minimum absolute atomic E-state index is 0.158. The van der Waals surface area contributed by atoms with Crippen molar-refractivity contribution in [1.29, 1.82) is 0 Å². The highest BCUT2D eigenvalue weighted by Crippen LogP contribution is 2.29. The van der Waals surface area contributed by atoms with E-state index in [1.165, 1.54) is 0 Å². The molecule has 2 N–H and O–H groups in total. The van der Waals surface area contributed by atoms with Crippen LogP contribution < -0.4 is 20.1 Å². The number of benzene rings is 1. The van der Waals surface area contributed by atoms with E-state index in [1.54, 1.807) is 36.9 Å². The number of carbonyl (C=O) groups excluding carboxylic acids is 2. The van der Waals surface area contributed by atoms with Crippen LogP contribution in [-0.2, 0) is 16.0 Å². The lowest BCUT2D eigenvalue weighted by Gasteiger charge is -2.15.